The van der Waals surface area contributed by atoms with Crippen molar-refractivity contribution >= 4 is 40.2 Å². The maximum atomic E-state index is 12.3. The minimum Gasteiger partial charge on any atom is -0.497 e. The summed E-state index contributed by atoms with van der Waals surface area (Å²) in [6.45, 7) is 6.12. The van der Waals surface area contributed by atoms with E-state index in [2.05, 4.69) is 44.8 Å². The second-order valence-electron chi connectivity index (χ2n) is 6.92. The maximum Gasteiger partial charge on any atom is 0.257 e. The van der Waals surface area contributed by atoms with E-state index in [4.69, 9.17) is 4.74 Å². The van der Waals surface area contributed by atoms with Crippen LogP contribution < -0.4 is 20.4 Å². The molecule has 2 aromatic carbocycles. The van der Waals surface area contributed by atoms with Crippen molar-refractivity contribution in [1.29, 1.82) is 0 Å². The zero-order valence-electron chi connectivity index (χ0n) is 18.7. The number of benzene rings is 2. The SMILES string of the molecule is CCN(CC)c1ccc(/C=N\NC(=O)Cc2nnc(NC(=O)c3ccc(OC)cc3)s2)cc1. The van der Waals surface area contributed by atoms with Gasteiger partial charge in [0.1, 0.15) is 10.8 Å². The van der Waals surface area contributed by atoms with Gasteiger partial charge in [-0.2, -0.15) is 5.10 Å². The zero-order chi connectivity index (χ0) is 23.6. The fraction of sp³-hybridized carbons (Fsp3) is 0.261. The number of hydrazone groups is 1. The Morgan fingerprint density at radius 1 is 1.06 bits per heavy atom. The molecular formula is C23H26N6O3S. The Labute approximate surface area is 196 Å². The molecule has 2 amide bonds. The fourth-order valence-corrected chi connectivity index (χ4v) is 3.74. The van der Waals surface area contributed by atoms with Gasteiger partial charge in [0.25, 0.3) is 5.91 Å². The number of methoxy groups -OCH3 is 1. The topological polar surface area (TPSA) is 109 Å². The van der Waals surface area contributed by atoms with Gasteiger partial charge in [-0.05, 0) is 55.8 Å². The van der Waals surface area contributed by atoms with Crippen LogP contribution in [0.1, 0.15) is 34.8 Å². The van der Waals surface area contributed by atoms with Crippen molar-refractivity contribution in [2.45, 2.75) is 20.3 Å². The monoisotopic (exact) mass is 466 g/mol. The predicted octanol–water partition coefficient (Wildman–Crippen LogP) is 3.34. The van der Waals surface area contributed by atoms with Crippen LogP contribution in [0.3, 0.4) is 0 Å². The Bertz CT molecular complexity index is 1090. The van der Waals surface area contributed by atoms with Crippen molar-refractivity contribution < 1.29 is 14.3 Å². The highest BCUT2D eigenvalue weighted by Gasteiger charge is 2.12. The third-order valence-electron chi connectivity index (χ3n) is 4.78. The van der Waals surface area contributed by atoms with Gasteiger partial charge in [-0.25, -0.2) is 5.43 Å². The summed E-state index contributed by atoms with van der Waals surface area (Å²) in [5, 5.41) is 15.3. The summed E-state index contributed by atoms with van der Waals surface area (Å²) in [7, 11) is 1.56. The summed E-state index contributed by atoms with van der Waals surface area (Å²) in [4.78, 5) is 26.7. The van der Waals surface area contributed by atoms with E-state index in [9.17, 15) is 9.59 Å². The highest BCUT2D eigenvalue weighted by Crippen LogP contribution is 2.18. The van der Waals surface area contributed by atoms with Crippen molar-refractivity contribution in [3.63, 3.8) is 0 Å². The van der Waals surface area contributed by atoms with Gasteiger partial charge < -0.3 is 9.64 Å². The summed E-state index contributed by atoms with van der Waals surface area (Å²) in [5.41, 5.74) is 4.97. The van der Waals surface area contributed by atoms with Gasteiger partial charge in [0.15, 0.2) is 0 Å². The Hall–Kier alpha value is -3.79. The number of rotatable bonds is 10. The first-order valence-corrected chi connectivity index (χ1v) is 11.3. The molecule has 1 aromatic heterocycles. The largest absolute Gasteiger partial charge is 0.497 e. The van der Waals surface area contributed by atoms with Crippen LogP contribution in [0.2, 0.25) is 0 Å². The molecule has 0 aliphatic carbocycles. The minimum absolute atomic E-state index is 0.00824. The van der Waals surface area contributed by atoms with E-state index in [1.54, 1.807) is 37.6 Å². The second kappa shape index (κ2) is 11.7. The molecule has 172 valence electrons. The molecule has 2 N–H and O–H groups in total. The van der Waals surface area contributed by atoms with Crippen LogP contribution in [0.4, 0.5) is 10.8 Å². The Kier molecular flexibility index (Phi) is 8.48. The van der Waals surface area contributed by atoms with Crippen LogP contribution in [0.5, 0.6) is 5.75 Å². The van der Waals surface area contributed by atoms with E-state index in [-0.39, 0.29) is 18.2 Å². The number of nitrogens with zero attached hydrogens (tertiary/aromatic N) is 4. The maximum absolute atomic E-state index is 12.3. The molecule has 3 aromatic rings. The van der Waals surface area contributed by atoms with Crippen LogP contribution in [-0.4, -0.2) is 48.4 Å². The van der Waals surface area contributed by atoms with Gasteiger partial charge in [0, 0.05) is 24.3 Å². The van der Waals surface area contributed by atoms with E-state index in [0.717, 1.165) is 35.7 Å². The molecule has 0 aliphatic rings. The van der Waals surface area contributed by atoms with Gasteiger partial charge in [0.2, 0.25) is 11.0 Å². The number of carbonyl (C=O) groups excluding carboxylic acids is 2. The number of anilines is 2. The summed E-state index contributed by atoms with van der Waals surface area (Å²) < 4.78 is 5.08. The van der Waals surface area contributed by atoms with Gasteiger partial charge in [0.05, 0.1) is 19.7 Å². The molecule has 10 heteroatoms. The average Bonchev–Trinajstić information content (AvgIpc) is 3.27. The lowest BCUT2D eigenvalue weighted by atomic mass is 10.2. The lowest BCUT2D eigenvalue weighted by Gasteiger charge is -2.20. The third kappa shape index (κ3) is 6.84. The molecule has 33 heavy (non-hydrogen) atoms. The smallest absolute Gasteiger partial charge is 0.257 e. The summed E-state index contributed by atoms with van der Waals surface area (Å²) in [6.07, 6.45) is 1.60. The molecule has 3 rings (SSSR count). The van der Waals surface area contributed by atoms with Crippen LogP contribution in [-0.2, 0) is 11.2 Å². The van der Waals surface area contributed by atoms with Crippen LogP contribution in [0, 0.1) is 0 Å². The van der Waals surface area contributed by atoms with E-state index in [1.165, 1.54) is 0 Å². The van der Waals surface area contributed by atoms with E-state index in [1.807, 2.05) is 24.3 Å². The number of carbonyl (C=O) groups is 2. The molecule has 0 aliphatic heterocycles. The van der Waals surface area contributed by atoms with Gasteiger partial charge in [-0.15, -0.1) is 10.2 Å². The first-order chi connectivity index (χ1) is 16.0. The lowest BCUT2D eigenvalue weighted by Crippen LogP contribution is -2.21. The third-order valence-corrected chi connectivity index (χ3v) is 5.61. The molecule has 0 saturated heterocycles. The fourth-order valence-electron chi connectivity index (χ4n) is 3.00. The zero-order valence-corrected chi connectivity index (χ0v) is 19.6. The van der Waals surface area contributed by atoms with E-state index in [0.29, 0.717) is 21.5 Å². The minimum atomic E-state index is -0.324. The molecule has 0 bridgehead atoms. The van der Waals surface area contributed by atoms with E-state index >= 15 is 0 Å². The van der Waals surface area contributed by atoms with Crippen molar-refractivity contribution in [2.75, 3.05) is 30.4 Å². The highest BCUT2D eigenvalue weighted by atomic mass is 32.1. The first kappa shape index (κ1) is 23.9. The molecule has 0 spiro atoms. The summed E-state index contributed by atoms with van der Waals surface area (Å²) in [5.74, 6) is 0.0201. The van der Waals surface area contributed by atoms with Crippen molar-refractivity contribution in [2.24, 2.45) is 5.10 Å². The highest BCUT2D eigenvalue weighted by molar-refractivity contribution is 7.15. The molecule has 0 unspecified atom stereocenters. The number of ether oxygens (including phenoxy) is 1. The van der Waals surface area contributed by atoms with E-state index < -0.39 is 0 Å². The van der Waals surface area contributed by atoms with Crippen LogP contribution in [0.25, 0.3) is 0 Å². The molecule has 9 nitrogen and oxygen atoms in total. The molecule has 0 atom stereocenters. The Morgan fingerprint density at radius 2 is 1.76 bits per heavy atom. The summed E-state index contributed by atoms with van der Waals surface area (Å²) >= 11 is 1.13. The summed E-state index contributed by atoms with van der Waals surface area (Å²) in [6, 6.07) is 14.7. The number of hydrogen-bond acceptors (Lipinski definition) is 8. The van der Waals surface area contributed by atoms with Gasteiger partial charge in [-0.1, -0.05) is 23.5 Å². The van der Waals surface area contributed by atoms with Crippen LogP contribution in [0.15, 0.2) is 53.6 Å². The quantitative estimate of drug-likeness (QED) is 0.350. The first-order valence-electron chi connectivity index (χ1n) is 10.5. The normalized spacial score (nSPS) is 10.8. The molecule has 1 heterocycles. The Balaban J connectivity index is 1.48. The molecule has 0 saturated carbocycles. The predicted molar refractivity (Wildman–Crippen MR) is 130 cm³/mol. The number of aromatic nitrogens is 2. The molecule has 0 fully saturated rings. The van der Waals surface area contributed by atoms with Crippen molar-refractivity contribution in [3.8, 4) is 5.75 Å². The van der Waals surface area contributed by atoms with Crippen molar-refractivity contribution in [1.82, 2.24) is 15.6 Å². The van der Waals surface area contributed by atoms with Crippen molar-refractivity contribution in [3.05, 3.63) is 64.7 Å². The number of hydrogen-bond donors (Lipinski definition) is 2. The number of nitrogens with one attached hydrogen (secondary N) is 2. The van der Waals surface area contributed by atoms with Gasteiger partial charge in [-0.3, -0.25) is 14.9 Å². The number of amides is 2. The Morgan fingerprint density at radius 3 is 2.39 bits per heavy atom. The molecule has 0 radical (unpaired) electrons. The molecular weight excluding hydrogens is 440 g/mol. The standard InChI is InChI=1S/C23H26N6O3S/c1-4-29(5-2)18-10-6-16(7-11-18)15-24-26-20(30)14-21-27-28-23(33-21)25-22(31)17-8-12-19(32-3)13-9-17/h6-13,15H,4-5,14H2,1-3H3,(H,26,30)(H,25,28,31)/b24-15-. The lowest BCUT2D eigenvalue weighted by molar-refractivity contribution is -0.120. The van der Waals surface area contributed by atoms with Crippen LogP contribution >= 0.6 is 11.3 Å². The van der Waals surface area contributed by atoms with Gasteiger partial charge >= 0.3 is 0 Å². The second-order valence-corrected chi connectivity index (χ2v) is 7.98. The average molecular weight is 467 g/mol.